The quantitative estimate of drug-likeness (QED) is 0.838. The summed E-state index contributed by atoms with van der Waals surface area (Å²) in [5.74, 6) is -1.23. The first-order valence-corrected chi connectivity index (χ1v) is 7.44. The van der Waals surface area contributed by atoms with Gasteiger partial charge in [-0.15, -0.1) is 0 Å². The van der Waals surface area contributed by atoms with Gasteiger partial charge in [0, 0.05) is 16.9 Å². The molecule has 1 aliphatic rings. The van der Waals surface area contributed by atoms with Crippen LogP contribution in [0.5, 0.6) is 0 Å². The first kappa shape index (κ1) is 15.8. The number of nitrogens with zero attached hydrogens (tertiary/aromatic N) is 2. The molecular formula is C17H13ClN4O2. The lowest BCUT2D eigenvalue weighted by Crippen LogP contribution is -2.26. The summed E-state index contributed by atoms with van der Waals surface area (Å²) in [5.41, 5.74) is 6.61. The SMILES string of the molecule is NC(=O)C1=NN(c2ccc(Cl)cc2)C(=O)C1=CNc1ccccc1. The third-order valence-corrected chi connectivity index (χ3v) is 3.59. The molecule has 120 valence electrons. The zero-order chi connectivity index (χ0) is 17.1. The molecule has 7 heteroatoms. The van der Waals surface area contributed by atoms with Gasteiger partial charge in [-0.05, 0) is 36.4 Å². The lowest BCUT2D eigenvalue weighted by Gasteiger charge is -2.11. The molecule has 0 fully saturated rings. The van der Waals surface area contributed by atoms with Crippen molar-refractivity contribution in [3.05, 3.63) is 71.4 Å². The van der Waals surface area contributed by atoms with Gasteiger partial charge in [0.1, 0.15) is 0 Å². The standard InChI is InChI=1S/C17H13ClN4O2/c18-11-6-8-13(9-7-11)22-17(24)14(15(21-22)16(19)23)10-20-12-4-2-1-3-5-12/h1-10,20H,(H2,19,23). The third kappa shape index (κ3) is 3.13. The van der Waals surface area contributed by atoms with Crippen molar-refractivity contribution in [2.24, 2.45) is 10.8 Å². The molecule has 0 saturated carbocycles. The highest BCUT2D eigenvalue weighted by molar-refractivity contribution is 6.54. The molecule has 0 aromatic heterocycles. The molecule has 0 bridgehead atoms. The van der Waals surface area contributed by atoms with E-state index in [1.54, 1.807) is 24.3 Å². The average molecular weight is 341 g/mol. The van der Waals surface area contributed by atoms with E-state index in [2.05, 4.69) is 10.4 Å². The molecule has 2 aromatic carbocycles. The van der Waals surface area contributed by atoms with Crippen LogP contribution in [-0.2, 0) is 9.59 Å². The van der Waals surface area contributed by atoms with Crippen molar-refractivity contribution in [1.29, 1.82) is 0 Å². The first-order valence-electron chi connectivity index (χ1n) is 7.07. The lowest BCUT2D eigenvalue weighted by atomic mass is 10.1. The van der Waals surface area contributed by atoms with Gasteiger partial charge in [0.15, 0.2) is 5.71 Å². The van der Waals surface area contributed by atoms with Crippen LogP contribution in [-0.4, -0.2) is 17.5 Å². The summed E-state index contributed by atoms with van der Waals surface area (Å²) in [4.78, 5) is 24.2. The van der Waals surface area contributed by atoms with Gasteiger partial charge in [0.05, 0.1) is 11.3 Å². The number of hydrogen-bond acceptors (Lipinski definition) is 4. The molecule has 2 aromatic rings. The lowest BCUT2D eigenvalue weighted by molar-refractivity contribution is -0.115. The minimum atomic E-state index is -0.777. The molecular weight excluding hydrogens is 328 g/mol. The van der Waals surface area contributed by atoms with E-state index in [0.29, 0.717) is 10.7 Å². The Morgan fingerprint density at radius 1 is 1.12 bits per heavy atom. The normalized spacial score (nSPS) is 15.5. The molecule has 0 radical (unpaired) electrons. The molecule has 1 heterocycles. The van der Waals surface area contributed by atoms with Crippen LogP contribution in [0.2, 0.25) is 5.02 Å². The van der Waals surface area contributed by atoms with E-state index in [9.17, 15) is 9.59 Å². The van der Waals surface area contributed by atoms with Gasteiger partial charge in [0.2, 0.25) is 0 Å². The predicted octanol–water partition coefficient (Wildman–Crippen LogP) is 2.52. The highest BCUT2D eigenvalue weighted by Gasteiger charge is 2.34. The number of primary amides is 1. The van der Waals surface area contributed by atoms with Crippen LogP contribution in [0.3, 0.4) is 0 Å². The molecule has 6 nitrogen and oxygen atoms in total. The number of carbonyl (C=O) groups excluding carboxylic acids is 2. The number of rotatable bonds is 4. The number of carbonyl (C=O) groups is 2. The topological polar surface area (TPSA) is 87.8 Å². The van der Waals surface area contributed by atoms with Crippen LogP contribution in [0.1, 0.15) is 0 Å². The number of anilines is 2. The average Bonchev–Trinajstić information content (AvgIpc) is 2.92. The molecule has 0 atom stereocenters. The molecule has 0 spiro atoms. The van der Waals surface area contributed by atoms with Crippen LogP contribution in [0.4, 0.5) is 11.4 Å². The number of halogens is 1. The number of nitrogens with two attached hydrogens (primary N) is 1. The van der Waals surface area contributed by atoms with Crippen LogP contribution in [0.25, 0.3) is 0 Å². The van der Waals surface area contributed by atoms with Crippen LogP contribution < -0.4 is 16.1 Å². The van der Waals surface area contributed by atoms with Gasteiger partial charge in [-0.1, -0.05) is 29.8 Å². The summed E-state index contributed by atoms with van der Waals surface area (Å²) in [6.07, 6.45) is 1.43. The van der Waals surface area contributed by atoms with Gasteiger partial charge in [-0.2, -0.15) is 10.1 Å². The van der Waals surface area contributed by atoms with Crippen LogP contribution in [0.15, 0.2) is 71.5 Å². The maximum atomic E-state index is 12.6. The Labute approximate surface area is 143 Å². The van der Waals surface area contributed by atoms with Gasteiger partial charge < -0.3 is 11.1 Å². The smallest absolute Gasteiger partial charge is 0.282 e. The Hall–Kier alpha value is -3.12. The Balaban J connectivity index is 1.92. The van der Waals surface area contributed by atoms with Crippen molar-refractivity contribution in [1.82, 2.24) is 0 Å². The van der Waals surface area contributed by atoms with Crippen molar-refractivity contribution >= 4 is 40.5 Å². The molecule has 0 aliphatic carbocycles. The van der Waals surface area contributed by atoms with Crippen molar-refractivity contribution in [2.45, 2.75) is 0 Å². The maximum Gasteiger partial charge on any atom is 0.282 e. The summed E-state index contributed by atoms with van der Waals surface area (Å²) in [6, 6.07) is 15.8. The summed E-state index contributed by atoms with van der Waals surface area (Å²) in [5, 5.41) is 8.65. The van der Waals surface area contributed by atoms with Crippen LogP contribution in [0, 0.1) is 0 Å². The molecule has 0 unspecified atom stereocenters. The number of nitrogens with one attached hydrogen (secondary N) is 1. The highest BCUT2D eigenvalue weighted by atomic mass is 35.5. The van der Waals surface area contributed by atoms with E-state index in [-0.39, 0.29) is 11.3 Å². The fraction of sp³-hybridized carbons (Fsp3) is 0. The van der Waals surface area contributed by atoms with Gasteiger partial charge >= 0.3 is 0 Å². The minimum absolute atomic E-state index is 0.0984. The fourth-order valence-corrected chi connectivity index (χ4v) is 2.30. The maximum absolute atomic E-state index is 12.6. The summed E-state index contributed by atoms with van der Waals surface area (Å²) in [7, 11) is 0. The molecule has 2 amide bonds. The number of hydrogen-bond donors (Lipinski definition) is 2. The Morgan fingerprint density at radius 3 is 2.42 bits per heavy atom. The number of benzene rings is 2. The second-order valence-corrected chi connectivity index (χ2v) is 5.41. The van der Waals surface area contributed by atoms with E-state index < -0.39 is 11.8 Å². The number of para-hydroxylation sites is 1. The summed E-state index contributed by atoms with van der Waals surface area (Å²) in [6.45, 7) is 0. The molecule has 3 N–H and O–H groups in total. The Kier molecular flexibility index (Phi) is 4.31. The van der Waals surface area contributed by atoms with E-state index in [0.717, 1.165) is 10.7 Å². The van der Waals surface area contributed by atoms with Crippen molar-refractivity contribution in [3.63, 3.8) is 0 Å². The molecule has 0 saturated heterocycles. The fourth-order valence-electron chi connectivity index (χ4n) is 2.17. The van der Waals surface area contributed by atoms with Crippen LogP contribution >= 0.6 is 11.6 Å². The van der Waals surface area contributed by atoms with E-state index >= 15 is 0 Å². The number of hydrazone groups is 1. The molecule has 3 rings (SSSR count). The predicted molar refractivity (Wildman–Crippen MR) is 93.7 cm³/mol. The van der Waals surface area contributed by atoms with E-state index in [4.69, 9.17) is 17.3 Å². The second-order valence-electron chi connectivity index (χ2n) is 4.97. The zero-order valence-electron chi connectivity index (χ0n) is 12.4. The Morgan fingerprint density at radius 2 is 1.79 bits per heavy atom. The third-order valence-electron chi connectivity index (χ3n) is 3.34. The van der Waals surface area contributed by atoms with Gasteiger partial charge in [-0.25, -0.2) is 0 Å². The second kappa shape index (κ2) is 6.55. The minimum Gasteiger partial charge on any atom is -0.364 e. The van der Waals surface area contributed by atoms with Crippen molar-refractivity contribution in [2.75, 3.05) is 10.3 Å². The molecule has 1 aliphatic heterocycles. The number of amides is 2. The van der Waals surface area contributed by atoms with Crippen molar-refractivity contribution < 1.29 is 9.59 Å². The summed E-state index contributed by atoms with van der Waals surface area (Å²) >= 11 is 5.85. The highest BCUT2D eigenvalue weighted by Crippen LogP contribution is 2.25. The van der Waals surface area contributed by atoms with E-state index in [1.807, 2.05) is 30.3 Å². The monoisotopic (exact) mass is 340 g/mol. The summed E-state index contributed by atoms with van der Waals surface area (Å²) < 4.78 is 0. The van der Waals surface area contributed by atoms with Gasteiger partial charge in [0.25, 0.3) is 11.8 Å². The van der Waals surface area contributed by atoms with E-state index in [1.165, 1.54) is 6.20 Å². The van der Waals surface area contributed by atoms with Gasteiger partial charge in [-0.3, -0.25) is 9.59 Å². The molecule has 24 heavy (non-hydrogen) atoms. The first-order chi connectivity index (χ1) is 11.6. The largest absolute Gasteiger partial charge is 0.364 e. The zero-order valence-corrected chi connectivity index (χ0v) is 13.2. The Bertz CT molecular complexity index is 845. The van der Waals surface area contributed by atoms with Crippen molar-refractivity contribution in [3.8, 4) is 0 Å².